The van der Waals surface area contributed by atoms with Gasteiger partial charge in [-0.3, -0.25) is 0 Å². The van der Waals surface area contributed by atoms with Crippen molar-refractivity contribution in [2.75, 3.05) is 19.7 Å². The van der Waals surface area contributed by atoms with E-state index in [1.165, 1.54) is 30.7 Å². The van der Waals surface area contributed by atoms with Crippen LogP contribution in [0.4, 0.5) is 0 Å². The SMILES string of the molecule is CCCCCCO[NH+](CC)CC. The highest BCUT2D eigenvalue weighted by Crippen LogP contribution is 1.97. The van der Waals surface area contributed by atoms with Crippen molar-refractivity contribution in [3.05, 3.63) is 0 Å². The van der Waals surface area contributed by atoms with E-state index >= 15 is 0 Å². The molecule has 0 aliphatic carbocycles. The summed E-state index contributed by atoms with van der Waals surface area (Å²) in [6.45, 7) is 9.62. The molecule has 0 unspecified atom stereocenters. The highest BCUT2D eigenvalue weighted by Gasteiger charge is 2.01. The molecule has 0 aromatic heterocycles. The molecule has 0 saturated carbocycles. The standard InChI is InChI=1S/C10H23NO/c1-4-7-8-9-10-12-11(5-2)6-3/h4-10H2,1-3H3/p+1. The van der Waals surface area contributed by atoms with Crippen molar-refractivity contribution in [2.45, 2.75) is 46.5 Å². The zero-order valence-electron chi connectivity index (χ0n) is 8.86. The van der Waals surface area contributed by atoms with E-state index in [0.29, 0.717) is 0 Å². The molecule has 0 atom stereocenters. The maximum Gasteiger partial charge on any atom is 0.106 e. The van der Waals surface area contributed by atoms with E-state index in [9.17, 15) is 0 Å². The van der Waals surface area contributed by atoms with E-state index in [1.807, 2.05) is 0 Å². The number of rotatable bonds is 8. The summed E-state index contributed by atoms with van der Waals surface area (Å²) in [5.74, 6) is 0. The minimum Gasteiger partial charge on any atom is -0.205 e. The Kier molecular flexibility index (Phi) is 8.95. The van der Waals surface area contributed by atoms with Gasteiger partial charge in [0, 0.05) is 0 Å². The van der Waals surface area contributed by atoms with Crippen LogP contribution in [0.3, 0.4) is 0 Å². The van der Waals surface area contributed by atoms with Crippen LogP contribution in [0.2, 0.25) is 0 Å². The van der Waals surface area contributed by atoms with Gasteiger partial charge in [0.25, 0.3) is 0 Å². The topological polar surface area (TPSA) is 13.7 Å². The molecule has 1 N–H and O–H groups in total. The lowest BCUT2D eigenvalue weighted by molar-refractivity contribution is -1.09. The molecule has 0 spiro atoms. The van der Waals surface area contributed by atoms with Gasteiger partial charge in [-0.2, -0.15) is 5.06 Å². The van der Waals surface area contributed by atoms with Crippen molar-refractivity contribution in [1.29, 1.82) is 0 Å². The van der Waals surface area contributed by atoms with Crippen LogP contribution in [-0.4, -0.2) is 19.7 Å². The first-order valence-corrected chi connectivity index (χ1v) is 5.32. The Morgan fingerprint density at radius 1 is 0.917 bits per heavy atom. The lowest BCUT2D eigenvalue weighted by Crippen LogP contribution is -3.10. The molecule has 0 rings (SSSR count). The second-order valence-corrected chi connectivity index (χ2v) is 3.15. The molecule has 0 radical (unpaired) electrons. The fourth-order valence-corrected chi connectivity index (χ4v) is 1.20. The maximum absolute atomic E-state index is 5.60. The minimum atomic E-state index is 0.928. The van der Waals surface area contributed by atoms with Gasteiger partial charge < -0.3 is 0 Å². The highest BCUT2D eigenvalue weighted by molar-refractivity contribution is 4.36. The zero-order chi connectivity index (χ0) is 9.23. The predicted molar refractivity (Wildman–Crippen MR) is 52.1 cm³/mol. The zero-order valence-corrected chi connectivity index (χ0v) is 8.86. The Bertz CT molecular complexity index is 81.9. The third-order valence-electron chi connectivity index (χ3n) is 2.09. The Balaban J connectivity index is 3.06. The quantitative estimate of drug-likeness (QED) is 0.434. The second kappa shape index (κ2) is 9.01. The minimum absolute atomic E-state index is 0.928. The summed E-state index contributed by atoms with van der Waals surface area (Å²) in [4.78, 5) is 5.60. The van der Waals surface area contributed by atoms with E-state index in [2.05, 4.69) is 20.8 Å². The van der Waals surface area contributed by atoms with Crippen LogP contribution in [0.5, 0.6) is 0 Å². The highest BCUT2D eigenvalue weighted by atomic mass is 16.7. The molecule has 0 heterocycles. The van der Waals surface area contributed by atoms with Gasteiger partial charge in [0.2, 0.25) is 0 Å². The fraction of sp³-hybridized carbons (Fsp3) is 1.00. The van der Waals surface area contributed by atoms with Gasteiger partial charge in [0.15, 0.2) is 0 Å². The molecule has 0 fully saturated rings. The average Bonchev–Trinajstić information content (AvgIpc) is 2.11. The lowest BCUT2D eigenvalue weighted by Gasteiger charge is -2.12. The van der Waals surface area contributed by atoms with Gasteiger partial charge in [-0.05, 0) is 20.3 Å². The number of hydrogen-bond acceptors (Lipinski definition) is 1. The van der Waals surface area contributed by atoms with Crippen LogP contribution < -0.4 is 5.06 Å². The van der Waals surface area contributed by atoms with E-state index in [-0.39, 0.29) is 0 Å². The molecule has 2 nitrogen and oxygen atoms in total. The van der Waals surface area contributed by atoms with Crippen LogP contribution in [0.1, 0.15) is 46.5 Å². The summed E-state index contributed by atoms with van der Waals surface area (Å²) in [7, 11) is 0. The molecule has 0 amide bonds. The van der Waals surface area contributed by atoms with Crippen molar-refractivity contribution in [2.24, 2.45) is 0 Å². The smallest absolute Gasteiger partial charge is 0.106 e. The molecular formula is C10H24NO+. The summed E-state index contributed by atoms with van der Waals surface area (Å²) in [5, 5.41) is 1.26. The van der Waals surface area contributed by atoms with Gasteiger partial charge in [0.1, 0.15) is 19.7 Å². The number of nitrogens with one attached hydrogen (secondary N) is 1. The van der Waals surface area contributed by atoms with Crippen molar-refractivity contribution < 1.29 is 9.90 Å². The second-order valence-electron chi connectivity index (χ2n) is 3.15. The molecule has 0 aromatic rings. The van der Waals surface area contributed by atoms with Crippen LogP contribution >= 0.6 is 0 Å². The van der Waals surface area contributed by atoms with Crippen molar-refractivity contribution in [1.82, 2.24) is 0 Å². The van der Waals surface area contributed by atoms with Gasteiger partial charge >= 0.3 is 0 Å². The molecule has 12 heavy (non-hydrogen) atoms. The van der Waals surface area contributed by atoms with E-state index < -0.39 is 0 Å². The van der Waals surface area contributed by atoms with Crippen LogP contribution in [0, 0.1) is 0 Å². The van der Waals surface area contributed by atoms with Crippen LogP contribution in [0.25, 0.3) is 0 Å². The summed E-state index contributed by atoms with van der Waals surface area (Å²) >= 11 is 0. The maximum atomic E-state index is 5.60. The van der Waals surface area contributed by atoms with E-state index in [1.54, 1.807) is 0 Å². The molecule has 2 heteroatoms. The summed E-state index contributed by atoms with van der Waals surface area (Å²) in [6.07, 6.45) is 5.18. The number of hydrogen-bond donors (Lipinski definition) is 1. The van der Waals surface area contributed by atoms with E-state index in [0.717, 1.165) is 19.7 Å². The van der Waals surface area contributed by atoms with Crippen LogP contribution in [0.15, 0.2) is 0 Å². The van der Waals surface area contributed by atoms with Gasteiger partial charge in [0.05, 0.1) is 0 Å². The Morgan fingerprint density at radius 2 is 1.58 bits per heavy atom. The predicted octanol–water partition coefficient (Wildman–Crippen LogP) is 1.42. The Labute approximate surface area is 76.9 Å². The average molecular weight is 174 g/mol. The lowest BCUT2D eigenvalue weighted by atomic mass is 10.2. The molecule has 74 valence electrons. The van der Waals surface area contributed by atoms with Crippen LogP contribution in [-0.2, 0) is 4.84 Å². The monoisotopic (exact) mass is 174 g/mol. The number of quaternary nitrogens is 1. The first kappa shape index (κ1) is 11.9. The summed E-state index contributed by atoms with van der Waals surface area (Å²) < 4.78 is 0. The summed E-state index contributed by atoms with van der Waals surface area (Å²) in [6, 6.07) is 0. The molecule has 0 saturated heterocycles. The van der Waals surface area contributed by atoms with Gasteiger partial charge in [-0.1, -0.05) is 26.2 Å². The van der Waals surface area contributed by atoms with Crippen molar-refractivity contribution in [3.8, 4) is 0 Å². The molecule has 0 bridgehead atoms. The molecule has 0 aliphatic rings. The number of unbranched alkanes of at least 4 members (excludes halogenated alkanes) is 3. The van der Waals surface area contributed by atoms with Gasteiger partial charge in [-0.25, -0.2) is 4.84 Å². The molecular weight excluding hydrogens is 150 g/mol. The normalized spacial score (nSPS) is 11.0. The van der Waals surface area contributed by atoms with Crippen molar-refractivity contribution in [3.63, 3.8) is 0 Å². The fourth-order valence-electron chi connectivity index (χ4n) is 1.20. The van der Waals surface area contributed by atoms with E-state index in [4.69, 9.17) is 4.84 Å². The Morgan fingerprint density at radius 3 is 2.08 bits per heavy atom. The first-order valence-electron chi connectivity index (χ1n) is 5.32. The summed E-state index contributed by atoms with van der Waals surface area (Å²) in [5.41, 5.74) is 0. The Hall–Kier alpha value is -0.0800. The largest absolute Gasteiger partial charge is 0.205 e. The third kappa shape index (κ3) is 6.62. The first-order chi connectivity index (χ1) is 5.85. The van der Waals surface area contributed by atoms with Crippen molar-refractivity contribution >= 4 is 0 Å². The molecule has 0 aromatic carbocycles. The molecule has 0 aliphatic heterocycles. The number of hydroxylamine groups is 2. The third-order valence-corrected chi connectivity index (χ3v) is 2.09. The van der Waals surface area contributed by atoms with Gasteiger partial charge in [-0.15, -0.1) is 0 Å².